The number of imidazole rings is 1. The highest BCUT2D eigenvalue weighted by Gasteiger charge is 2.29. The Bertz CT molecular complexity index is 725. The Morgan fingerprint density at radius 2 is 2.05 bits per heavy atom. The minimum Gasteiger partial charge on any atom is -0.318 e. The molecule has 2 heterocycles. The van der Waals surface area contributed by atoms with Gasteiger partial charge in [-0.15, -0.1) is 0 Å². The average molecular weight is 285 g/mol. The fourth-order valence-corrected chi connectivity index (χ4v) is 2.69. The van der Waals surface area contributed by atoms with Crippen LogP contribution in [-0.2, 0) is 15.0 Å². The molecule has 2 amide bonds. The summed E-state index contributed by atoms with van der Waals surface area (Å²) in [6.07, 6.45) is 2.59. The lowest BCUT2D eigenvalue weighted by molar-refractivity contribution is -0.135. The molecule has 1 saturated heterocycles. The number of nitrogens with zero attached hydrogens (tertiary/aromatic N) is 2. The largest absolute Gasteiger partial charge is 0.318 e. The molecule has 0 aliphatic carbocycles. The van der Waals surface area contributed by atoms with Crippen molar-refractivity contribution in [2.24, 2.45) is 0 Å². The maximum absolute atomic E-state index is 12.0. The normalized spacial score (nSPS) is 19.9. The summed E-state index contributed by atoms with van der Waals surface area (Å²) >= 11 is 0. The SMILES string of the molecule is CC(C)(C)c1ccc2c(c1)ncn2C1CCC(=O)NC1=O. The van der Waals surface area contributed by atoms with Crippen LogP contribution in [0.5, 0.6) is 0 Å². The molecule has 1 aliphatic heterocycles. The van der Waals surface area contributed by atoms with Gasteiger partial charge in [0, 0.05) is 6.42 Å². The predicted octanol–water partition coefficient (Wildman–Crippen LogP) is 2.31. The van der Waals surface area contributed by atoms with Crippen LogP contribution in [-0.4, -0.2) is 21.4 Å². The van der Waals surface area contributed by atoms with Crippen LogP contribution in [0, 0.1) is 0 Å². The lowest BCUT2D eigenvalue weighted by Gasteiger charge is -2.23. The Balaban J connectivity index is 2.01. The summed E-state index contributed by atoms with van der Waals surface area (Å²) < 4.78 is 1.86. The van der Waals surface area contributed by atoms with Crippen LogP contribution in [0.25, 0.3) is 11.0 Å². The zero-order chi connectivity index (χ0) is 15.2. The molecule has 1 unspecified atom stereocenters. The summed E-state index contributed by atoms with van der Waals surface area (Å²) in [6.45, 7) is 6.47. The van der Waals surface area contributed by atoms with Crippen LogP contribution < -0.4 is 5.32 Å². The number of piperidine rings is 1. The molecule has 1 aromatic heterocycles. The quantitative estimate of drug-likeness (QED) is 0.818. The minimum atomic E-state index is -0.354. The van der Waals surface area contributed by atoms with Crippen molar-refractivity contribution in [3.8, 4) is 0 Å². The van der Waals surface area contributed by atoms with Crippen molar-refractivity contribution >= 4 is 22.8 Å². The minimum absolute atomic E-state index is 0.0621. The molecule has 0 spiro atoms. The molecule has 110 valence electrons. The maximum atomic E-state index is 12.0. The van der Waals surface area contributed by atoms with Crippen molar-refractivity contribution in [3.05, 3.63) is 30.1 Å². The molecule has 0 saturated carbocycles. The van der Waals surface area contributed by atoms with Gasteiger partial charge in [0.15, 0.2) is 0 Å². The van der Waals surface area contributed by atoms with Crippen LogP contribution in [0.2, 0.25) is 0 Å². The van der Waals surface area contributed by atoms with E-state index in [1.807, 2.05) is 10.6 Å². The Labute approximate surface area is 123 Å². The smallest absolute Gasteiger partial charge is 0.249 e. The van der Waals surface area contributed by atoms with Gasteiger partial charge in [-0.3, -0.25) is 14.9 Å². The average Bonchev–Trinajstić information content (AvgIpc) is 2.80. The first-order chi connectivity index (χ1) is 9.86. The Morgan fingerprint density at radius 3 is 2.71 bits per heavy atom. The van der Waals surface area contributed by atoms with Gasteiger partial charge in [-0.25, -0.2) is 4.98 Å². The van der Waals surface area contributed by atoms with E-state index in [-0.39, 0.29) is 23.3 Å². The number of carbonyl (C=O) groups is 2. The maximum Gasteiger partial charge on any atom is 0.249 e. The molecule has 21 heavy (non-hydrogen) atoms. The Hall–Kier alpha value is -2.17. The third-order valence-corrected chi connectivity index (χ3v) is 3.99. The third-order valence-electron chi connectivity index (χ3n) is 3.99. The highest BCUT2D eigenvalue weighted by Crippen LogP contribution is 2.28. The topological polar surface area (TPSA) is 64.0 Å². The number of rotatable bonds is 1. The van der Waals surface area contributed by atoms with Crippen LogP contribution in [0.4, 0.5) is 0 Å². The van der Waals surface area contributed by atoms with Crippen LogP contribution in [0.15, 0.2) is 24.5 Å². The summed E-state index contributed by atoms with van der Waals surface area (Å²) in [5.41, 5.74) is 3.08. The number of carbonyl (C=O) groups excluding carboxylic acids is 2. The first-order valence-corrected chi connectivity index (χ1v) is 7.17. The zero-order valence-electron chi connectivity index (χ0n) is 12.5. The fourth-order valence-electron chi connectivity index (χ4n) is 2.69. The van der Waals surface area contributed by atoms with Gasteiger partial charge in [0.1, 0.15) is 6.04 Å². The van der Waals surface area contributed by atoms with Crippen molar-refractivity contribution in [3.63, 3.8) is 0 Å². The van der Waals surface area contributed by atoms with Gasteiger partial charge in [-0.1, -0.05) is 26.8 Å². The van der Waals surface area contributed by atoms with E-state index < -0.39 is 0 Å². The van der Waals surface area contributed by atoms with E-state index in [9.17, 15) is 9.59 Å². The number of nitrogens with one attached hydrogen (secondary N) is 1. The molecule has 5 nitrogen and oxygen atoms in total. The summed E-state index contributed by atoms with van der Waals surface area (Å²) in [6, 6.07) is 5.80. The highest BCUT2D eigenvalue weighted by atomic mass is 16.2. The predicted molar refractivity (Wildman–Crippen MR) is 79.9 cm³/mol. The molecule has 5 heteroatoms. The van der Waals surface area contributed by atoms with E-state index in [2.05, 4.69) is 43.2 Å². The lowest BCUT2D eigenvalue weighted by atomic mass is 9.87. The summed E-state index contributed by atoms with van der Waals surface area (Å²) in [4.78, 5) is 27.7. The van der Waals surface area contributed by atoms with E-state index in [1.165, 1.54) is 5.56 Å². The van der Waals surface area contributed by atoms with Crippen molar-refractivity contribution < 1.29 is 9.59 Å². The third kappa shape index (κ3) is 2.44. The molecule has 0 bridgehead atoms. The number of benzene rings is 1. The van der Waals surface area contributed by atoms with Gasteiger partial charge in [-0.2, -0.15) is 0 Å². The number of hydrogen-bond acceptors (Lipinski definition) is 3. The molecule has 1 aliphatic rings. The molecule has 2 aromatic rings. The first-order valence-electron chi connectivity index (χ1n) is 7.17. The highest BCUT2D eigenvalue weighted by molar-refractivity contribution is 6.00. The molecule has 1 fully saturated rings. The van der Waals surface area contributed by atoms with Gasteiger partial charge in [0.25, 0.3) is 0 Å². The molecule has 0 radical (unpaired) electrons. The van der Waals surface area contributed by atoms with E-state index in [0.717, 1.165) is 11.0 Å². The number of imide groups is 1. The zero-order valence-corrected chi connectivity index (χ0v) is 12.5. The van der Waals surface area contributed by atoms with Crippen molar-refractivity contribution in [2.45, 2.75) is 45.1 Å². The van der Waals surface area contributed by atoms with Crippen LogP contribution >= 0.6 is 0 Å². The Morgan fingerprint density at radius 1 is 1.29 bits per heavy atom. The van der Waals surface area contributed by atoms with E-state index in [4.69, 9.17) is 0 Å². The number of fused-ring (bicyclic) bond motifs is 1. The summed E-state index contributed by atoms with van der Waals surface area (Å²) in [7, 11) is 0. The first kappa shape index (κ1) is 13.8. The summed E-state index contributed by atoms with van der Waals surface area (Å²) in [5.74, 6) is -0.443. The lowest BCUT2D eigenvalue weighted by Crippen LogP contribution is -2.41. The summed E-state index contributed by atoms with van der Waals surface area (Å²) in [5, 5.41) is 2.39. The molecular formula is C16H19N3O2. The van der Waals surface area contributed by atoms with E-state index in [0.29, 0.717) is 12.8 Å². The molecule has 1 aromatic carbocycles. The second kappa shape index (κ2) is 4.69. The van der Waals surface area contributed by atoms with Crippen LogP contribution in [0.1, 0.15) is 45.2 Å². The van der Waals surface area contributed by atoms with Gasteiger partial charge in [0.05, 0.1) is 17.4 Å². The number of amides is 2. The van der Waals surface area contributed by atoms with E-state index >= 15 is 0 Å². The van der Waals surface area contributed by atoms with Crippen molar-refractivity contribution in [1.82, 2.24) is 14.9 Å². The molecular weight excluding hydrogens is 266 g/mol. The van der Waals surface area contributed by atoms with Crippen LogP contribution in [0.3, 0.4) is 0 Å². The molecule has 1 N–H and O–H groups in total. The fraction of sp³-hybridized carbons (Fsp3) is 0.438. The molecule has 1 atom stereocenters. The van der Waals surface area contributed by atoms with Gasteiger partial charge < -0.3 is 4.57 Å². The van der Waals surface area contributed by atoms with Crippen molar-refractivity contribution in [1.29, 1.82) is 0 Å². The van der Waals surface area contributed by atoms with E-state index in [1.54, 1.807) is 6.33 Å². The second-order valence-electron chi connectivity index (χ2n) is 6.57. The van der Waals surface area contributed by atoms with Crippen molar-refractivity contribution in [2.75, 3.05) is 0 Å². The number of hydrogen-bond donors (Lipinski definition) is 1. The second-order valence-corrected chi connectivity index (χ2v) is 6.57. The Kier molecular flexibility index (Phi) is 3.08. The monoisotopic (exact) mass is 285 g/mol. The molecule has 3 rings (SSSR count). The standard InChI is InChI=1S/C16H19N3O2/c1-16(2,3)10-4-5-12-11(8-10)17-9-19(12)13-6-7-14(20)18-15(13)21/h4-5,8-9,13H,6-7H2,1-3H3,(H,18,20,21). The van der Waals surface area contributed by atoms with Gasteiger partial charge in [-0.05, 0) is 29.5 Å². The number of aromatic nitrogens is 2. The van der Waals surface area contributed by atoms with Gasteiger partial charge in [0.2, 0.25) is 11.8 Å². The van der Waals surface area contributed by atoms with Gasteiger partial charge >= 0.3 is 0 Å².